The Kier molecular flexibility index (Phi) is 10.3. The maximum atomic E-state index is 14.1. The van der Waals surface area contributed by atoms with Crippen molar-refractivity contribution in [3.63, 3.8) is 0 Å². The van der Waals surface area contributed by atoms with Crippen molar-refractivity contribution in [3.05, 3.63) is 96.3 Å². The van der Waals surface area contributed by atoms with Gasteiger partial charge in [0.15, 0.2) is 0 Å². The number of ether oxygens (including phenoxy) is 2. The number of carbonyl (C=O) groups excluding carboxylic acids is 4. The third-order valence-electron chi connectivity index (χ3n) is 8.08. The van der Waals surface area contributed by atoms with Gasteiger partial charge < -0.3 is 35.3 Å². The Balaban J connectivity index is 1.38. The molecule has 12 heteroatoms. The molecule has 2 heterocycles. The van der Waals surface area contributed by atoms with Crippen LogP contribution in [-0.2, 0) is 35.3 Å². The molecule has 0 aliphatic carbocycles. The Labute approximate surface area is 273 Å². The lowest BCUT2D eigenvalue weighted by atomic mass is 10.0. The van der Waals surface area contributed by atoms with E-state index in [0.717, 1.165) is 11.1 Å². The molecule has 4 aromatic rings. The summed E-state index contributed by atoms with van der Waals surface area (Å²) in [6.07, 6.45) is 2.82. The van der Waals surface area contributed by atoms with Crippen molar-refractivity contribution >= 4 is 40.4 Å². The van der Waals surface area contributed by atoms with Gasteiger partial charge in [0.2, 0.25) is 11.8 Å². The first-order chi connectivity index (χ1) is 22.6. The van der Waals surface area contributed by atoms with Crippen LogP contribution in [0.5, 0.6) is 0 Å². The lowest BCUT2D eigenvalue weighted by Crippen LogP contribution is -2.56. The highest BCUT2D eigenvalue weighted by atomic mass is 16.5. The van der Waals surface area contributed by atoms with Gasteiger partial charge in [-0.25, -0.2) is 9.78 Å². The van der Waals surface area contributed by atoms with Gasteiger partial charge in [-0.05, 0) is 56.0 Å². The standard InChI is InChI=1S/C35H40N6O6/c1-35(2,36)34(45)39-27(21-47-20-23-11-6-4-7-12-23)31(42)38-25-16-17-28-26(19-25)37-22-41(28)30(24-13-8-5-9-14-24)32(43)40-18-10-15-29(40)33(44)46-3/h4-9,11-14,16-17,19,22,27,29-30H,10,15,18,20-21,36H2,1-3H3,(H,38,42)(H,39,45). The number of amides is 3. The summed E-state index contributed by atoms with van der Waals surface area (Å²) in [5.41, 5.74) is 8.06. The quantitative estimate of drug-likeness (QED) is 0.199. The molecule has 246 valence electrons. The number of fused-ring (bicyclic) bond motifs is 1. The highest BCUT2D eigenvalue weighted by Gasteiger charge is 2.39. The summed E-state index contributed by atoms with van der Waals surface area (Å²) in [6, 6.07) is 21.5. The van der Waals surface area contributed by atoms with E-state index < -0.39 is 41.4 Å². The first kappa shape index (κ1) is 33.3. The number of esters is 1. The zero-order valence-corrected chi connectivity index (χ0v) is 26.7. The summed E-state index contributed by atoms with van der Waals surface area (Å²) >= 11 is 0. The first-order valence-corrected chi connectivity index (χ1v) is 15.5. The minimum atomic E-state index is -1.21. The minimum absolute atomic E-state index is 0.0800. The molecule has 1 aliphatic heterocycles. The fourth-order valence-electron chi connectivity index (χ4n) is 5.57. The molecule has 4 N–H and O–H groups in total. The molecular formula is C35H40N6O6. The molecule has 1 saturated heterocycles. The molecule has 0 radical (unpaired) electrons. The van der Waals surface area contributed by atoms with Gasteiger partial charge in [0, 0.05) is 12.2 Å². The van der Waals surface area contributed by atoms with Crippen LogP contribution >= 0.6 is 0 Å². The van der Waals surface area contributed by atoms with E-state index in [1.165, 1.54) is 7.11 Å². The van der Waals surface area contributed by atoms with Crippen molar-refractivity contribution < 1.29 is 28.7 Å². The number of hydrogen-bond donors (Lipinski definition) is 3. The second-order valence-corrected chi connectivity index (χ2v) is 12.1. The van der Waals surface area contributed by atoms with E-state index >= 15 is 0 Å². The van der Waals surface area contributed by atoms with Gasteiger partial charge in [0.1, 0.15) is 18.1 Å². The zero-order chi connectivity index (χ0) is 33.6. The number of aromatic nitrogens is 2. The van der Waals surface area contributed by atoms with Gasteiger partial charge >= 0.3 is 5.97 Å². The highest BCUT2D eigenvalue weighted by molar-refractivity contribution is 5.99. The van der Waals surface area contributed by atoms with Crippen LogP contribution in [0.25, 0.3) is 11.0 Å². The molecule has 12 nitrogen and oxygen atoms in total. The number of imidazole rings is 1. The van der Waals surface area contributed by atoms with E-state index in [2.05, 4.69) is 15.6 Å². The SMILES string of the molecule is COC(=O)C1CCCN1C(=O)C(c1ccccc1)n1cnc2cc(NC(=O)C(COCc3ccccc3)NC(=O)C(C)(C)N)ccc21. The maximum absolute atomic E-state index is 14.1. The molecule has 5 rings (SSSR count). The van der Waals surface area contributed by atoms with Crippen LogP contribution in [0, 0.1) is 0 Å². The fourth-order valence-corrected chi connectivity index (χ4v) is 5.57. The van der Waals surface area contributed by atoms with Gasteiger partial charge in [-0.15, -0.1) is 0 Å². The zero-order valence-electron chi connectivity index (χ0n) is 26.7. The Morgan fingerprint density at radius 1 is 1.02 bits per heavy atom. The summed E-state index contributed by atoms with van der Waals surface area (Å²) in [5.74, 6) is -1.67. The number of likely N-dealkylation sites (tertiary alicyclic amines) is 1. The van der Waals surface area contributed by atoms with Crippen molar-refractivity contribution in [1.82, 2.24) is 19.8 Å². The largest absolute Gasteiger partial charge is 0.467 e. The van der Waals surface area contributed by atoms with E-state index in [0.29, 0.717) is 36.1 Å². The smallest absolute Gasteiger partial charge is 0.328 e. The fraction of sp³-hybridized carbons (Fsp3) is 0.343. The second-order valence-electron chi connectivity index (χ2n) is 12.1. The molecule has 1 fully saturated rings. The number of benzene rings is 3. The Morgan fingerprint density at radius 3 is 2.40 bits per heavy atom. The normalized spacial score (nSPS) is 16.0. The van der Waals surface area contributed by atoms with Gasteiger partial charge in [0.25, 0.3) is 5.91 Å². The van der Waals surface area contributed by atoms with Crippen molar-refractivity contribution in [2.75, 3.05) is 25.6 Å². The molecular weight excluding hydrogens is 600 g/mol. The van der Waals surface area contributed by atoms with Gasteiger partial charge in [-0.1, -0.05) is 60.7 Å². The predicted molar refractivity (Wildman–Crippen MR) is 176 cm³/mol. The summed E-state index contributed by atoms with van der Waals surface area (Å²) in [7, 11) is 1.32. The van der Waals surface area contributed by atoms with Gasteiger partial charge in [0.05, 0.1) is 43.2 Å². The van der Waals surface area contributed by atoms with Crippen molar-refractivity contribution in [2.24, 2.45) is 5.73 Å². The molecule has 0 spiro atoms. The van der Waals surface area contributed by atoms with E-state index in [-0.39, 0.29) is 19.1 Å². The predicted octanol–water partition coefficient (Wildman–Crippen LogP) is 3.17. The summed E-state index contributed by atoms with van der Waals surface area (Å²) in [4.78, 5) is 58.9. The van der Waals surface area contributed by atoms with Crippen LogP contribution in [0.2, 0.25) is 0 Å². The van der Waals surface area contributed by atoms with Crippen LogP contribution in [0.3, 0.4) is 0 Å². The van der Waals surface area contributed by atoms with E-state index in [1.54, 1.807) is 47.8 Å². The summed E-state index contributed by atoms with van der Waals surface area (Å²) in [5, 5.41) is 5.55. The number of rotatable bonds is 12. The van der Waals surface area contributed by atoms with Crippen LogP contribution < -0.4 is 16.4 Å². The van der Waals surface area contributed by atoms with E-state index in [4.69, 9.17) is 15.2 Å². The minimum Gasteiger partial charge on any atom is -0.467 e. The first-order valence-electron chi connectivity index (χ1n) is 15.5. The second kappa shape index (κ2) is 14.6. The van der Waals surface area contributed by atoms with Crippen LogP contribution in [0.4, 0.5) is 5.69 Å². The molecule has 3 aromatic carbocycles. The number of carbonyl (C=O) groups is 4. The molecule has 1 aliphatic rings. The van der Waals surface area contributed by atoms with Crippen molar-refractivity contribution in [3.8, 4) is 0 Å². The maximum Gasteiger partial charge on any atom is 0.328 e. The monoisotopic (exact) mass is 640 g/mol. The number of nitrogens with one attached hydrogen (secondary N) is 2. The van der Waals surface area contributed by atoms with Crippen LogP contribution in [0.1, 0.15) is 43.9 Å². The number of anilines is 1. The number of nitrogens with two attached hydrogens (primary N) is 1. The summed E-state index contributed by atoms with van der Waals surface area (Å²) in [6.45, 7) is 3.73. The molecule has 3 unspecified atom stereocenters. The van der Waals surface area contributed by atoms with E-state index in [1.807, 2.05) is 60.7 Å². The third-order valence-corrected chi connectivity index (χ3v) is 8.08. The van der Waals surface area contributed by atoms with Crippen molar-refractivity contribution in [1.29, 1.82) is 0 Å². The third kappa shape index (κ3) is 7.84. The van der Waals surface area contributed by atoms with Crippen LogP contribution in [0.15, 0.2) is 85.2 Å². The highest BCUT2D eigenvalue weighted by Crippen LogP contribution is 2.30. The van der Waals surface area contributed by atoms with Crippen LogP contribution in [-0.4, -0.2) is 76.0 Å². The molecule has 1 aromatic heterocycles. The molecule has 0 bridgehead atoms. The molecule has 47 heavy (non-hydrogen) atoms. The summed E-state index contributed by atoms with van der Waals surface area (Å²) < 4.78 is 12.5. The Bertz CT molecular complexity index is 1720. The number of hydrogen-bond acceptors (Lipinski definition) is 8. The number of nitrogens with zero attached hydrogens (tertiary/aromatic N) is 3. The number of methoxy groups -OCH3 is 1. The lowest BCUT2D eigenvalue weighted by Gasteiger charge is -2.28. The average Bonchev–Trinajstić information content (AvgIpc) is 3.72. The van der Waals surface area contributed by atoms with Gasteiger partial charge in [-0.3, -0.25) is 14.4 Å². The van der Waals surface area contributed by atoms with E-state index in [9.17, 15) is 19.2 Å². The Hall–Kier alpha value is -5.07. The average molecular weight is 641 g/mol. The lowest BCUT2D eigenvalue weighted by molar-refractivity contribution is -0.151. The molecule has 3 atom stereocenters. The molecule has 0 saturated carbocycles. The Morgan fingerprint density at radius 2 is 1.72 bits per heavy atom. The topological polar surface area (TPSA) is 158 Å². The van der Waals surface area contributed by atoms with Gasteiger partial charge in [-0.2, -0.15) is 0 Å². The van der Waals surface area contributed by atoms with Crippen molar-refractivity contribution in [2.45, 2.75) is 57.0 Å². The molecule has 3 amide bonds.